The number of guanidine groups is 1. The van der Waals surface area contributed by atoms with Crippen LogP contribution in [-0.2, 0) is 16.0 Å². The van der Waals surface area contributed by atoms with Crippen LogP contribution in [0.15, 0.2) is 18.2 Å². The number of halogens is 1. The Morgan fingerprint density at radius 1 is 1.43 bits per heavy atom. The number of rotatable bonds is 9. The molecule has 168 valence electrons. The molecule has 0 aromatic heterocycles. The van der Waals surface area contributed by atoms with Crippen LogP contribution in [0.2, 0.25) is 0 Å². The van der Waals surface area contributed by atoms with Crippen LogP contribution in [0.5, 0.6) is 0 Å². The van der Waals surface area contributed by atoms with Gasteiger partial charge in [-0.3, -0.25) is 15.1 Å². The molecule has 0 aliphatic heterocycles. The van der Waals surface area contributed by atoms with E-state index in [1.165, 1.54) is 13.8 Å². The number of nitrogens with zero attached hydrogens (tertiary/aromatic N) is 1. The van der Waals surface area contributed by atoms with Crippen LogP contribution in [0.25, 0.3) is 0 Å². The van der Waals surface area contributed by atoms with Crippen molar-refractivity contribution in [1.29, 1.82) is 5.41 Å². The lowest BCUT2D eigenvalue weighted by atomic mass is 9.85. The number of methoxy groups -OCH3 is 1. The first-order chi connectivity index (χ1) is 14.0. The van der Waals surface area contributed by atoms with Crippen molar-refractivity contribution < 1.29 is 13.9 Å². The molecule has 0 fully saturated rings. The van der Waals surface area contributed by atoms with E-state index < -0.39 is 17.5 Å². The molecule has 6 nitrogen and oxygen atoms in total. The number of alkyl halides is 1. The van der Waals surface area contributed by atoms with E-state index in [9.17, 15) is 9.18 Å². The summed E-state index contributed by atoms with van der Waals surface area (Å²) < 4.78 is 20.0. The molecule has 7 heteroatoms. The summed E-state index contributed by atoms with van der Waals surface area (Å²) in [5.74, 6) is -0.814. The lowest BCUT2D eigenvalue weighted by Gasteiger charge is -2.31. The van der Waals surface area contributed by atoms with E-state index >= 15 is 0 Å². The number of carbonyl (C=O) groups is 1. The normalized spacial score (nSPS) is 20.5. The largest absolute Gasteiger partial charge is 0.399 e. The summed E-state index contributed by atoms with van der Waals surface area (Å²) in [5, 5.41) is 7.87. The predicted molar refractivity (Wildman–Crippen MR) is 119 cm³/mol. The van der Waals surface area contributed by atoms with Crippen LogP contribution >= 0.6 is 0 Å². The van der Waals surface area contributed by atoms with Gasteiger partial charge >= 0.3 is 0 Å². The summed E-state index contributed by atoms with van der Waals surface area (Å²) in [7, 11) is 1.73. The Hall–Kier alpha value is -2.15. The summed E-state index contributed by atoms with van der Waals surface area (Å²) in [6, 6.07) is 5.64. The monoisotopic (exact) mass is 420 g/mol. The van der Waals surface area contributed by atoms with E-state index in [1.54, 1.807) is 7.11 Å². The van der Waals surface area contributed by atoms with E-state index in [1.807, 2.05) is 18.2 Å². The van der Waals surface area contributed by atoms with Gasteiger partial charge in [0.2, 0.25) is 5.91 Å². The number of ether oxygens (including phenoxy) is 1. The van der Waals surface area contributed by atoms with Gasteiger partial charge in [-0.25, -0.2) is 4.39 Å². The molecular formula is C23H37FN4O2. The molecule has 1 aliphatic rings. The van der Waals surface area contributed by atoms with Crippen molar-refractivity contribution in [2.75, 3.05) is 19.4 Å². The van der Waals surface area contributed by atoms with Crippen molar-refractivity contribution >= 4 is 17.6 Å². The fourth-order valence-electron chi connectivity index (χ4n) is 4.45. The Morgan fingerprint density at radius 2 is 2.10 bits per heavy atom. The number of hydrogen-bond donors (Lipinski definition) is 3. The molecule has 1 aromatic rings. The fourth-order valence-corrected chi connectivity index (χ4v) is 4.45. The van der Waals surface area contributed by atoms with Gasteiger partial charge in [-0.15, -0.1) is 0 Å². The van der Waals surface area contributed by atoms with Crippen molar-refractivity contribution in [3.05, 3.63) is 29.3 Å². The molecule has 0 radical (unpaired) electrons. The number of nitrogens with one attached hydrogen (secondary N) is 1. The van der Waals surface area contributed by atoms with Crippen molar-refractivity contribution in [2.45, 2.75) is 71.1 Å². The lowest BCUT2D eigenvalue weighted by Crippen LogP contribution is -2.49. The third kappa shape index (κ3) is 5.72. The minimum absolute atomic E-state index is 0.0283. The van der Waals surface area contributed by atoms with Crippen molar-refractivity contribution in [3.8, 4) is 0 Å². The van der Waals surface area contributed by atoms with Crippen LogP contribution in [-0.4, -0.2) is 42.2 Å². The van der Waals surface area contributed by atoms with Gasteiger partial charge in [0.25, 0.3) is 0 Å². The van der Waals surface area contributed by atoms with E-state index in [-0.39, 0.29) is 24.5 Å². The first-order valence-electron chi connectivity index (χ1n) is 10.7. The van der Waals surface area contributed by atoms with Crippen molar-refractivity contribution in [2.24, 2.45) is 17.6 Å². The molecule has 0 spiro atoms. The smallest absolute Gasteiger partial charge is 0.237 e. The second kappa shape index (κ2) is 9.77. The van der Waals surface area contributed by atoms with Crippen LogP contribution < -0.4 is 11.5 Å². The van der Waals surface area contributed by atoms with Gasteiger partial charge in [0.15, 0.2) is 5.96 Å². The molecule has 1 amide bonds. The van der Waals surface area contributed by atoms with Gasteiger partial charge in [0, 0.05) is 12.8 Å². The molecule has 0 bridgehead atoms. The molecule has 0 saturated heterocycles. The Morgan fingerprint density at radius 3 is 2.63 bits per heavy atom. The van der Waals surface area contributed by atoms with Crippen molar-refractivity contribution in [1.82, 2.24) is 4.90 Å². The summed E-state index contributed by atoms with van der Waals surface area (Å²) in [6.45, 7) is 6.81. The number of benzene rings is 1. The number of hydrogen-bond acceptors (Lipinski definition) is 4. The summed E-state index contributed by atoms with van der Waals surface area (Å²) in [4.78, 5) is 14.6. The quantitative estimate of drug-likeness (QED) is 0.321. The molecule has 4 atom stereocenters. The zero-order valence-corrected chi connectivity index (χ0v) is 18.9. The second-order valence-electron chi connectivity index (χ2n) is 9.17. The maximum absolute atomic E-state index is 14.3. The Labute approximate surface area is 179 Å². The Bertz CT molecular complexity index is 762. The van der Waals surface area contributed by atoms with E-state index in [0.29, 0.717) is 11.6 Å². The molecule has 3 unspecified atom stereocenters. The maximum atomic E-state index is 14.3. The molecular weight excluding hydrogens is 383 g/mol. The van der Waals surface area contributed by atoms with Gasteiger partial charge in [0.1, 0.15) is 5.67 Å². The summed E-state index contributed by atoms with van der Waals surface area (Å²) >= 11 is 0. The highest BCUT2D eigenvalue weighted by Gasteiger charge is 2.41. The van der Waals surface area contributed by atoms with Gasteiger partial charge in [-0.05, 0) is 68.2 Å². The predicted octanol–water partition coefficient (Wildman–Crippen LogP) is 3.84. The van der Waals surface area contributed by atoms with Crippen LogP contribution in [0.4, 0.5) is 10.1 Å². The summed E-state index contributed by atoms with van der Waals surface area (Å²) in [5.41, 5.74) is 12.6. The number of carbonyl (C=O) groups excluding carboxylic acids is 1. The third-order valence-corrected chi connectivity index (χ3v) is 6.22. The molecule has 30 heavy (non-hydrogen) atoms. The maximum Gasteiger partial charge on any atom is 0.237 e. The first-order valence-corrected chi connectivity index (χ1v) is 10.7. The molecule has 5 N–H and O–H groups in total. The molecule has 0 heterocycles. The molecule has 0 saturated carbocycles. The lowest BCUT2D eigenvalue weighted by molar-refractivity contribution is -0.131. The summed E-state index contributed by atoms with van der Waals surface area (Å²) in [6.07, 6.45) is 3.50. The molecule has 1 aromatic carbocycles. The highest BCUT2D eigenvalue weighted by Crippen LogP contribution is 2.43. The number of nitrogen functional groups attached to an aromatic ring is 1. The molecule has 1 aliphatic carbocycles. The van der Waals surface area contributed by atoms with Crippen LogP contribution in [0, 0.1) is 17.2 Å². The van der Waals surface area contributed by atoms with Gasteiger partial charge in [0.05, 0.1) is 18.6 Å². The molecule has 2 rings (SSSR count). The minimum Gasteiger partial charge on any atom is -0.399 e. The Balaban J connectivity index is 2.33. The Kier molecular flexibility index (Phi) is 7.86. The number of nitrogens with two attached hydrogens (primary N) is 2. The fraction of sp³-hybridized carbons (Fsp3) is 0.652. The zero-order valence-electron chi connectivity index (χ0n) is 18.9. The zero-order chi connectivity index (χ0) is 22.6. The average molecular weight is 421 g/mol. The number of anilines is 1. The van der Waals surface area contributed by atoms with E-state index in [2.05, 4.69) is 13.8 Å². The number of amides is 1. The second-order valence-corrected chi connectivity index (χ2v) is 9.17. The van der Waals surface area contributed by atoms with E-state index in [0.717, 1.165) is 41.7 Å². The first kappa shape index (κ1) is 24.1. The topological polar surface area (TPSA) is 105 Å². The van der Waals surface area contributed by atoms with Crippen molar-refractivity contribution in [3.63, 3.8) is 0 Å². The van der Waals surface area contributed by atoms with Crippen LogP contribution in [0.3, 0.4) is 0 Å². The van der Waals surface area contributed by atoms with E-state index in [4.69, 9.17) is 21.6 Å². The van der Waals surface area contributed by atoms with Gasteiger partial charge in [-0.1, -0.05) is 26.3 Å². The van der Waals surface area contributed by atoms with Gasteiger partial charge in [-0.2, -0.15) is 0 Å². The SMILES string of the molecule is CCC(C)[C@@H](CCC1Cc2ccc(N)cc2C1C(=O)N(CC(C)(C)F)C(=N)N)OC. The highest BCUT2D eigenvalue weighted by molar-refractivity contribution is 5.99. The minimum atomic E-state index is -1.66. The van der Waals surface area contributed by atoms with Gasteiger partial charge < -0.3 is 16.2 Å². The van der Waals surface area contributed by atoms with Crippen LogP contribution in [0.1, 0.15) is 64.0 Å². The number of fused-ring (bicyclic) bond motifs is 1. The third-order valence-electron chi connectivity index (χ3n) is 6.22. The highest BCUT2D eigenvalue weighted by atomic mass is 19.1. The standard InChI is InChI=1S/C23H37FN4O2/c1-6-14(2)19(30-5)10-8-16-11-15-7-9-17(25)12-18(15)20(16)21(29)28(22(26)27)13-23(3,4)24/h7,9,12,14,16,19-20H,6,8,10-11,13,25H2,1-5H3,(H3,26,27)/t14?,16?,19-,20?/m1/s1. The average Bonchev–Trinajstić information content (AvgIpc) is 3.02.